The van der Waals surface area contributed by atoms with Crippen LogP contribution in [0.1, 0.15) is 73.3 Å². The molecule has 2 aromatic carbocycles. The van der Waals surface area contributed by atoms with Crippen molar-refractivity contribution in [1.82, 2.24) is 29.7 Å². The van der Waals surface area contributed by atoms with Gasteiger partial charge >= 0.3 is 0 Å². The highest BCUT2D eigenvalue weighted by Crippen LogP contribution is 2.48. The van der Waals surface area contributed by atoms with E-state index in [1.807, 2.05) is 24.8 Å². The number of hydrogen-bond acceptors (Lipinski definition) is 5. The van der Waals surface area contributed by atoms with Crippen LogP contribution in [0.2, 0.25) is 0 Å². The van der Waals surface area contributed by atoms with Crippen molar-refractivity contribution in [3.8, 4) is 0 Å². The molecule has 7 nitrogen and oxygen atoms in total. The molecule has 1 saturated carbocycles. The lowest BCUT2D eigenvalue weighted by atomic mass is 9.73. The molecule has 2 aliphatic heterocycles. The van der Waals surface area contributed by atoms with E-state index < -0.39 is 0 Å². The Morgan fingerprint density at radius 2 is 1.44 bits per heavy atom. The van der Waals surface area contributed by atoms with Crippen LogP contribution >= 0.6 is 0 Å². The predicted octanol–water partition coefficient (Wildman–Crippen LogP) is 6.02. The van der Waals surface area contributed by atoms with Crippen molar-refractivity contribution in [2.24, 2.45) is 0 Å². The van der Waals surface area contributed by atoms with Gasteiger partial charge in [-0.2, -0.15) is 0 Å². The number of anilines is 1. The van der Waals surface area contributed by atoms with Gasteiger partial charge in [-0.1, -0.05) is 61.7 Å². The van der Waals surface area contributed by atoms with Crippen molar-refractivity contribution in [3.05, 3.63) is 102 Å². The predicted molar refractivity (Wildman–Crippen MR) is 163 cm³/mol. The standard InChI is InChI=1S/C34H43N7/c1-2-6-29(7-3-1)40-20-14-34(15-21-40)26-41(31-9-5-4-8-30(31)34)23-28-12-10-27(11-13-28)22-39(24-32-35-16-17-36-32)25-33-37-18-19-38-33/h4-5,8-13,16-19,29H,1-3,6-7,14-15,20-26H2,(H,35,36)(H,37,38). The van der Waals surface area contributed by atoms with Crippen LogP contribution in [0.4, 0.5) is 5.69 Å². The number of para-hydroxylation sites is 1. The monoisotopic (exact) mass is 549 g/mol. The zero-order valence-corrected chi connectivity index (χ0v) is 24.1. The van der Waals surface area contributed by atoms with Crippen LogP contribution < -0.4 is 4.90 Å². The van der Waals surface area contributed by atoms with E-state index >= 15 is 0 Å². The van der Waals surface area contributed by atoms with Gasteiger partial charge in [0.05, 0.1) is 13.1 Å². The van der Waals surface area contributed by atoms with Crippen molar-refractivity contribution in [1.29, 1.82) is 0 Å². The molecule has 0 bridgehead atoms. The minimum Gasteiger partial charge on any atom is -0.366 e. The molecule has 1 aliphatic carbocycles. The molecule has 1 spiro atoms. The number of fused-ring (bicyclic) bond motifs is 2. The number of likely N-dealkylation sites (tertiary alicyclic amines) is 1. The fourth-order valence-corrected chi connectivity index (χ4v) is 7.65. The fourth-order valence-electron chi connectivity index (χ4n) is 7.65. The highest BCUT2D eigenvalue weighted by Gasteiger charge is 2.45. The molecule has 0 atom stereocenters. The maximum absolute atomic E-state index is 4.44. The molecule has 0 amide bonds. The van der Waals surface area contributed by atoms with Gasteiger partial charge in [0, 0.05) is 61.6 Å². The first-order chi connectivity index (χ1) is 20.2. The second-order valence-electron chi connectivity index (χ2n) is 12.5. The molecule has 2 N–H and O–H groups in total. The van der Waals surface area contributed by atoms with Crippen molar-refractivity contribution < 1.29 is 0 Å². The van der Waals surface area contributed by atoms with E-state index in [1.165, 1.54) is 74.8 Å². The Morgan fingerprint density at radius 3 is 2.10 bits per heavy atom. The lowest BCUT2D eigenvalue weighted by molar-refractivity contribution is 0.0968. The van der Waals surface area contributed by atoms with Gasteiger partial charge in [-0.25, -0.2) is 9.97 Å². The third-order valence-corrected chi connectivity index (χ3v) is 9.81. The maximum atomic E-state index is 4.44. The Balaban J connectivity index is 1.01. The summed E-state index contributed by atoms with van der Waals surface area (Å²) in [6.07, 6.45) is 17.1. The summed E-state index contributed by atoms with van der Waals surface area (Å²) in [6, 6.07) is 19.3. The highest BCUT2D eigenvalue weighted by atomic mass is 15.2. The third-order valence-electron chi connectivity index (χ3n) is 9.81. The zero-order valence-electron chi connectivity index (χ0n) is 24.1. The van der Waals surface area contributed by atoms with Gasteiger partial charge in [0.1, 0.15) is 11.6 Å². The van der Waals surface area contributed by atoms with Gasteiger partial charge in [-0.3, -0.25) is 4.90 Å². The van der Waals surface area contributed by atoms with E-state index in [1.54, 1.807) is 5.56 Å². The molecule has 4 aromatic rings. The van der Waals surface area contributed by atoms with Crippen LogP contribution in [-0.2, 0) is 31.6 Å². The summed E-state index contributed by atoms with van der Waals surface area (Å²) >= 11 is 0. The van der Waals surface area contributed by atoms with E-state index in [0.717, 1.165) is 50.4 Å². The average Bonchev–Trinajstić information content (AvgIpc) is 3.78. The van der Waals surface area contributed by atoms with Crippen LogP contribution in [0.5, 0.6) is 0 Å². The Kier molecular flexibility index (Phi) is 7.64. The summed E-state index contributed by atoms with van der Waals surface area (Å²) in [6.45, 7) is 6.97. The molecule has 1 saturated heterocycles. The van der Waals surface area contributed by atoms with Crippen molar-refractivity contribution in [3.63, 3.8) is 0 Å². The van der Waals surface area contributed by atoms with E-state index in [4.69, 9.17) is 0 Å². The first-order valence-corrected chi connectivity index (χ1v) is 15.6. The summed E-state index contributed by atoms with van der Waals surface area (Å²) in [7, 11) is 0. The lowest BCUT2D eigenvalue weighted by Gasteiger charge is -2.44. The number of nitrogens with zero attached hydrogens (tertiary/aromatic N) is 5. The molecule has 7 rings (SSSR count). The fraction of sp³-hybridized carbons (Fsp3) is 0.471. The molecule has 4 heterocycles. The summed E-state index contributed by atoms with van der Waals surface area (Å²) in [5.74, 6) is 1.94. The van der Waals surface area contributed by atoms with Crippen LogP contribution in [0.15, 0.2) is 73.3 Å². The SMILES string of the molecule is c1ccc2c(c1)N(Cc1ccc(CN(Cc3ncc[nH]3)Cc3ncc[nH]3)cc1)CC21CCN(C2CCCCC2)CC1. The second-order valence-corrected chi connectivity index (χ2v) is 12.5. The molecule has 3 aliphatic rings. The van der Waals surface area contributed by atoms with Gasteiger partial charge < -0.3 is 19.8 Å². The van der Waals surface area contributed by atoms with Crippen molar-refractivity contribution in [2.75, 3.05) is 24.5 Å². The highest BCUT2D eigenvalue weighted by molar-refractivity contribution is 5.63. The largest absolute Gasteiger partial charge is 0.366 e. The average molecular weight is 550 g/mol. The van der Waals surface area contributed by atoms with Gasteiger partial charge in [0.25, 0.3) is 0 Å². The first-order valence-electron chi connectivity index (χ1n) is 15.6. The number of H-pyrrole nitrogens is 2. The molecule has 214 valence electrons. The number of hydrogen-bond donors (Lipinski definition) is 2. The van der Waals surface area contributed by atoms with E-state index in [2.05, 4.69) is 83.2 Å². The molecule has 2 aromatic heterocycles. The van der Waals surface area contributed by atoms with E-state index in [9.17, 15) is 0 Å². The number of imidazole rings is 2. The van der Waals surface area contributed by atoms with E-state index in [-0.39, 0.29) is 0 Å². The minimum absolute atomic E-state index is 0.305. The van der Waals surface area contributed by atoms with Crippen LogP contribution in [0.25, 0.3) is 0 Å². The van der Waals surface area contributed by atoms with Crippen LogP contribution in [-0.4, -0.2) is 55.4 Å². The van der Waals surface area contributed by atoms with Crippen molar-refractivity contribution >= 4 is 5.69 Å². The van der Waals surface area contributed by atoms with Gasteiger partial charge in [-0.05, 0) is 61.5 Å². The maximum Gasteiger partial charge on any atom is 0.120 e. The van der Waals surface area contributed by atoms with Crippen LogP contribution in [0, 0.1) is 0 Å². The zero-order chi connectivity index (χ0) is 27.5. The topological polar surface area (TPSA) is 67.1 Å². The number of nitrogens with one attached hydrogen (secondary N) is 2. The van der Waals surface area contributed by atoms with Crippen LogP contribution in [0.3, 0.4) is 0 Å². The molecular weight excluding hydrogens is 506 g/mol. The minimum atomic E-state index is 0.305. The Labute approximate surface area is 244 Å². The number of rotatable bonds is 9. The van der Waals surface area contributed by atoms with Gasteiger partial charge in [-0.15, -0.1) is 0 Å². The Morgan fingerprint density at radius 1 is 0.780 bits per heavy atom. The van der Waals surface area contributed by atoms with Crippen molar-refractivity contribution in [2.45, 2.75) is 82.6 Å². The number of benzene rings is 2. The Hall–Kier alpha value is -3.42. The van der Waals surface area contributed by atoms with Gasteiger partial charge in [0.2, 0.25) is 0 Å². The number of aromatic nitrogens is 4. The molecular formula is C34H43N7. The summed E-state index contributed by atoms with van der Waals surface area (Å²) in [5, 5.41) is 0. The normalized spacial score (nSPS) is 19.3. The Bertz CT molecular complexity index is 1330. The quantitative estimate of drug-likeness (QED) is 0.267. The number of piperidine rings is 1. The molecule has 0 radical (unpaired) electrons. The molecule has 0 unspecified atom stereocenters. The first kappa shape index (κ1) is 26.5. The lowest BCUT2D eigenvalue weighted by Crippen LogP contribution is -2.49. The summed E-state index contributed by atoms with van der Waals surface area (Å²) in [5.41, 5.74) is 6.03. The second kappa shape index (κ2) is 11.8. The molecule has 41 heavy (non-hydrogen) atoms. The summed E-state index contributed by atoms with van der Waals surface area (Å²) in [4.78, 5) is 23.2. The number of aromatic amines is 2. The smallest absolute Gasteiger partial charge is 0.120 e. The van der Waals surface area contributed by atoms with E-state index in [0.29, 0.717) is 5.41 Å². The molecule has 2 fully saturated rings. The van der Waals surface area contributed by atoms with Gasteiger partial charge in [0.15, 0.2) is 0 Å². The third kappa shape index (κ3) is 5.84. The molecule has 7 heteroatoms. The summed E-state index contributed by atoms with van der Waals surface area (Å²) < 4.78 is 0.